The lowest BCUT2D eigenvalue weighted by atomic mass is 9.97. The van der Waals surface area contributed by atoms with Crippen molar-refractivity contribution in [1.82, 2.24) is 0 Å². The van der Waals surface area contributed by atoms with Gasteiger partial charge in [0.1, 0.15) is 0 Å². The van der Waals surface area contributed by atoms with Crippen LogP contribution < -0.4 is 10.6 Å². The molecule has 18 heavy (non-hydrogen) atoms. The predicted octanol–water partition coefficient (Wildman–Crippen LogP) is 2.13. The van der Waals surface area contributed by atoms with Crippen LogP contribution in [-0.2, 0) is 0 Å². The van der Waals surface area contributed by atoms with Crippen molar-refractivity contribution in [1.29, 1.82) is 5.26 Å². The highest BCUT2D eigenvalue weighted by Gasteiger charge is 2.20. The van der Waals surface area contributed by atoms with E-state index in [9.17, 15) is 0 Å². The van der Waals surface area contributed by atoms with E-state index in [1.54, 1.807) is 0 Å². The molecule has 1 heterocycles. The Hall–Kier alpha value is -2.40. The molecule has 2 aromatic carbocycles. The topological polar surface area (TPSA) is 36.1 Å². The van der Waals surface area contributed by atoms with Crippen LogP contribution in [0.5, 0.6) is 0 Å². The first-order valence-corrected chi connectivity index (χ1v) is 5.98. The summed E-state index contributed by atoms with van der Waals surface area (Å²) in [6.07, 6.45) is 0.431. The lowest BCUT2D eigenvalue weighted by molar-refractivity contribution is 0.901. The summed E-state index contributed by atoms with van der Waals surface area (Å²) < 4.78 is 0. The molecule has 0 unspecified atom stereocenters. The highest BCUT2D eigenvalue weighted by molar-refractivity contribution is 5.58. The maximum absolute atomic E-state index is 9.00. The van der Waals surface area contributed by atoms with Crippen LogP contribution in [0, 0.1) is 11.3 Å². The van der Waals surface area contributed by atoms with Crippen molar-refractivity contribution in [3.8, 4) is 6.07 Å². The second-order valence-electron chi connectivity index (χ2n) is 4.32. The van der Waals surface area contributed by atoms with Crippen LogP contribution in [0.4, 0.5) is 0 Å². The summed E-state index contributed by atoms with van der Waals surface area (Å²) in [5.41, 5.74) is 2.26. The largest absolute Gasteiger partial charge is 0.272 e. The molecule has 0 aromatic heterocycles. The average Bonchev–Trinajstić information content (AvgIpc) is 2.80. The van der Waals surface area contributed by atoms with Crippen molar-refractivity contribution < 1.29 is 0 Å². The van der Waals surface area contributed by atoms with Gasteiger partial charge in [0.25, 0.3) is 0 Å². The Balaban J connectivity index is 2.20. The first-order valence-electron chi connectivity index (χ1n) is 5.98. The third-order valence-electron chi connectivity index (χ3n) is 3.23. The number of nitriles is 1. The molecule has 0 saturated carbocycles. The lowest BCUT2D eigenvalue weighted by Crippen LogP contribution is -2.21. The van der Waals surface area contributed by atoms with Crippen LogP contribution in [0.3, 0.4) is 0 Å². The fourth-order valence-electron chi connectivity index (χ4n) is 2.41. The van der Waals surface area contributed by atoms with E-state index in [0.717, 1.165) is 21.7 Å². The smallest absolute Gasteiger partial charge is 0.0986 e. The first kappa shape index (κ1) is 10.7. The van der Waals surface area contributed by atoms with Crippen LogP contribution in [0.1, 0.15) is 18.0 Å². The number of para-hydroxylation sites is 1. The van der Waals surface area contributed by atoms with Gasteiger partial charge in [0.2, 0.25) is 0 Å². The normalized spacial score (nSPS) is 16.8. The zero-order valence-corrected chi connectivity index (χ0v) is 9.88. The van der Waals surface area contributed by atoms with E-state index in [1.165, 1.54) is 0 Å². The van der Waals surface area contributed by atoms with Crippen LogP contribution in [0.25, 0.3) is 5.57 Å². The van der Waals surface area contributed by atoms with Crippen molar-refractivity contribution in [2.75, 3.05) is 0 Å². The summed E-state index contributed by atoms with van der Waals surface area (Å²) in [4.78, 5) is 4.73. The Bertz CT molecular complexity index is 724. The zero-order valence-electron chi connectivity index (χ0n) is 9.88. The van der Waals surface area contributed by atoms with Gasteiger partial charge in [-0.05, 0) is 17.2 Å². The minimum Gasteiger partial charge on any atom is -0.272 e. The van der Waals surface area contributed by atoms with E-state index in [2.05, 4.69) is 24.3 Å². The molecule has 0 N–H and O–H groups in total. The number of hydrogen-bond donors (Lipinski definition) is 0. The molecule has 0 saturated heterocycles. The lowest BCUT2D eigenvalue weighted by Gasteiger charge is -2.10. The highest BCUT2D eigenvalue weighted by Crippen LogP contribution is 2.29. The number of rotatable bonds is 2. The molecule has 2 nitrogen and oxygen atoms in total. The molecule has 2 heteroatoms. The molecule has 0 spiro atoms. The molecule has 0 aliphatic carbocycles. The number of benzene rings is 2. The molecule has 1 aliphatic heterocycles. The molecular formula is C16H12N2. The van der Waals surface area contributed by atoms with Crippen LogP contribution in [0.15, 0.2) is 59.6 Å². The maximum atomic E-state index is 9.00. The maximum Gasteiger partial charge on any atom is 0.0986 e. The average molecular weight is 232 g/mol. The van der Waals surface area contributed by atoms with E-state index >= 15 is 0 Å². The van der Waals surface area contributed by atoms with Crippen molar-refractivity contribution in [3.63, 3.8) is 0 Å². The molecule has 86 valence electrons. The molecule has 0 bridgehead atoms. The van der Waals surface area contributed by atoms with Gasteiger partial charge in [0, 0.05) is 5.22 Å². The number of fused-ring (bicyclic) bond motifs is 1. The summed E-state index contributed by atoms with van der Waals surface area (Å²) in [7, 11) is 0. The first-order chi connectivity index (χ1) is 8.90. The summed E-state index contributed by atoms with van der Waals surface area (Å²) in [5.74, 6) is 0. The van der Waals surface area contributed by atoms with Crippen molar-refractivity contribution in [3.05, 3.63) is 70.7 Å². The van der Waals surface area contributed by atoms with E-state index in [-0.39, 0.29) is 6.04 Å². The minimum atomic E-state index is 0.00301. The van der Waals surface area contributed by atoms with Gasteiger partial charge in [-0.3, -0.25) is 4.99 Å². The zero-order chi connectivity index (χ0) is 12.4. The fourth-order valence-corrected chi connectivity index (χ4v) is 2.41. The Labute approximate surface area is 106 Å². The van der Waals surface area contributed by atoms with E-state index in [4.69, 9.17) is 10.3 Å². The number of nitrogens with zero attached hydrogens (tertiary/aromatic N) is 2. The van der Waals surface area contributed by atoms with Gasteiger partial charge in [-0.15, -0.1) is 0 Å². The monoisotopic (exact) mass is 232 g/mol. The Morgan fingerprint density at radius 3 is 2.50 bits per heavy atom. The second-order valence-corrected chi connectivity index (χ2v) is 4.32. The van der Waals surface area contributed by atoms with Gasteiger partial charge in [-0.2, -0.15) is 5.26 Å². The van der Waals surface area contributed by atoms with Crippen molar-refractivity contribution >= 4 is 5.57 Å². The molecule has 3 rings (SSSR count). The molecule has 1 atom stereocenters. The van der Waals surface area contributed by atoms with Gasteiger partial charge in [0.15, 0.2) is 0 Å². The van der Waals surface area contributed by atoms with Gasteiger partial charge in [-0.1, -0.05) is 48.5 Å². The van der Waals surface area contributed by atoms with E-state index in [1.807, 2.05) is 36.4 Å². The Morgan fingerprint density at radius 2 is 1.72 bits per heavy atom. The van der Waals surface area contributed by atoms with Crippen molar-refractivity contribution in [2.24, 2.45) is 4.99 Å². The molecule has 1 aliphatic rings. The summed E-state index contributed by atoms with van der Waals surface area (Å²) in [6, 6.07) is 20.5. The molecule has 0 radical (unpaired) electrons. The van der Waals surface area contributed by atoms with Crippen LogP contribution >= 0.6 is 0 Å². The van der Waals surface area contributed by atoms with Gasteiger partial charge in [-0.25, -0.2) is 0 Å². The summed E-state index contributed by atoms with van der Waals surface area (Å²) in [5, 5.41) is 11.1. The third kappa shape index (κ3) is 1.70. The standard InChI is InChI=1S/C16H12N2/c17-11-10-14-13-8-4-5-9-15(13)18-16(14)12-6-2-1-3-7-12/h1-9,16H,10H2/t16-/m1/s1. The van der Waals surface area contributed by atoms with Gasteiger partial charge < -0.3 is 0 Å². The second kappa shape index (κ2) is 4.46. The molecular weight excluding hydrogens is 220 g/mol. The van der Waals surface area contributed by atoms with Crippen LogP contribution in [0.2, 0.25) is 0 Å². The van der Waals surface area contributed by atoms with E-state index < -0.39 is 0 Å². The summed E-state index contributed by atoms with van der Waals surface area (Å²) >= 11 is 0. The van der Waals surface area contributed by atoms with Crippen molar-refractivity contribution in [2.45, 2.75) is 12.5 Å². The SMILES string of the molecule is N#CCC1=c2ccccc2=N[C@@H]1c1ccccc1. The fraction of sp³-hybridized carbons (Fsp3) is 0.125. The van der Waals surface area contributed by atoms with Crippen LogP contribution in [-0.4, -0.2) is 0 Å². The highest BCUT2D eigenvalue weighted by atomic mass is 14.8. The Kier molecular flexibility index (Phi) is 2.66. The molecule has 0 fully saturated rings. The molecule has 0 amide bonds. The van der Waals surface area contributed by atoms with Gasteiger partial charge >= 0.3 is 0 Å². The minimum absolute atomic E-state index is 0.00301. The summed E-state index contributed by atoms with van der Waals surface area (Å²) in [6.45, 7) is 0. The van der Waals surface area contributed by atoms with E-state index in [0.29, 0.717) is 6.42 Å². The number of hydrogen-bond acceptors (Lipinski definition) is 2. The quantitative estimate of drug-likeness (QED) is 0.781. The third-order valence-corrected chi connectivity index (χ3v) is 3.23. The van der Waals surface area contributed by atoms with Gasteiger partial charge in [0.05, 0.1) is 23.9 Å². The predicted molar refractivity (Wildman–Crippen MR) is 70.0 cm³/mol. The molecule has 2 aromatic rings. The Morgan fingerprint density at radius 1 is 1.00 bits per heavy atom.